The molecule has 0 aromatic heterocycles. The second kappa shape index (κ2) is 6.32. The highest BCUT2D eigenvalue weighted by atomic mass is 16.7. The number of hydrogen-bond acceptors (Lipinski definition) is 3. The average Bonchev–Trinajstić information content (AvgIpc) is 2.76. The van der Waals surface area contributed by atoms with Gasteiger partial charge in [-0.2, -0.15) is 0 Å². The molecule has 0 bridgehead atoms. The molecule has 5 heteroatoms. The van der Waals surface area contributed by atoms with Crippen molar-refractivity contribution in [1.82, 2.24) is 0 Å². The summed E-state index contributed by atoms with van der Waals surface area (Å²) in [5.41, 5.74) is 2.49. The van der Waals surface area contributed by atoms with Crippen molar-refractivity contribution in [2.24, 2.45) is 0 Å². The highest BCUT2D eigenvalue weighted by Gasteiger charge is 2.51. The van der Waals surface area contributed by atoms with E-state index < -0.39 is 18.3 Å². The summed E-state index contributed by atoms with van der Waals surface area (Å²) in [7, 11) is -0.475. The Morgan fingerprint density at radius 2 is 1.60 bits per heavy atom. The van der Waals surface area contributed by atoms with Crippen molar-refractivity contribution in [3.8, 4) is 0 Å². The summed E-state index contributed by atoms with van der Waals surface area (Å²) < 4.78 is 12.1. The van der Waals surface area contributed by atoms with Gasteiger partial charge in [-0.1, -0.05) is 24.3 Å². The van der Waals surface area contributed by atoms with Gasteiger partial charge >= 0.3 is 7.12 Å². The molecule has 130 valence electrons. The number of amides is 1. The van der Waals surface area contributed by atoms with Gasteiger partial charge < -0.3 is 14.6 Å². The Morgan fingerprint density at radius 3 is 2.24 bits per heavy atom. The van der Waals surface area contributed by atoms with Gasteiger partial charge in [0.25, 0.3) is 5.91 Å². The van der Waals surface area contributed by atoms with Crippen LogP contribution in [0.15, 0.2) is 48.5 Å². The molecule has 1 heterocycles. The van der Waals surface area contributed by atoms with E-state index in [2.05, 4.69) is 5.32 Å². The summed E-state index contributed by atoms with van der Waals surface area (Å²) in [4.78, 5) is 12.6. The van der Waals surface area contributed by atoms with Crippen LogP contribution < -0.4 is 10.8 Å². The molecule has 1 aliphatic rings. The Bertz CT molecular complexity index is 785. The maximum absolute atomic E-state index is 12.6. The second-order valence-electron chi connectivity index (χ2n) is 7.54. The molecule has 1 fully saturated rings. The van der Waals surface area contributed by atoms with Crippen LogP contribution in [0.1, 0.15) is 43.6 Å². The highest BCUT2D eigenvalue weighted by Crippen LogP contribution is 2.36. The van der Waals surface area contributed by atoms with Gasteiger partial charge in [0, 0.05) is 11.3 Å². The molecule has 2 aromatic rings. The summed E-state index contributed by atoms with van der Waals surface area (Å²) in [5.74, 6) is -0.149. The van der Waals surface area contributed by atoms with E-state index in [1.807, 2.05) is 77.1 Å². The maximum Gasteiger partial charge on any atom is 0.494 e. The Morgan fingerprint density at radius 1 is 0.960 bits per heavy atom. The molecule has 0 atom stereocenters. The molecule has 0 radical (unpaired) electrons. The van der Waals surface area contributed by atoms with Crippen molar-refractivity contribution in [3.05, 3.63) is 59.7 Å². The Labute approximate surface area is 149 Å². The van der Waals surface area contributed by atoms with E-state index >= 15 is 0 Å². The minimum atomic E-state index is -0.475. The second-order valence-corrected chi connectivity index (χ2v) is 7.54. The lowest BCUT2D eigenvalue weighted by molar-refractivity contribution is 0.00578. The predicted molar refractivity (Wildman–Crippen MR) is 101 cm³/mol. The van der Waals surface area contributed by atoms with Gasteiger partial charge in [-0.3, -0.25) is 4.79 Å². The summed E-state index contributed by atoms with van der Waals surface area (Å²) in [6.45, 7) is 10.1. The maximum atomic E-state index is 12.6. The molecule has 1 aliphatic heterocycles. The van der Waals surface area contributed by atoms with Crippen molar-refractivity contribution in [2.75, 3.05) is 5.32 Å². The van der Waals surface area contributed by atoms with Crippen LogP contribution >= 0.6 is 0 Å². The predicted octanol–water partition coefficient (Wildman–Crippen LogP) is 3.55. The largest absolute Gasteiger partial charge is 0.494 e. The van der Waals surface area contributed by atoms with Crippen LogP contribution in [0.25, 0.3) is 0 Å². The van der Waals surface area contributed by atoms with Crippen molar-refractivity contribution in [1.29, 1.82) is 0 Å². The fraction of sp³-hybridized carbons (Fsp3) is 0.350. The van der Waals surface area contributed by atoms with Gasteiger partial charge in [0.1, 0.15) is 0 Å². The summed E-state index contributed by atoms with van der Waals surface area (Å²) in [5, 5.41) is 2.93. The highest BCUT2D eigenvalue weighted by molar-refractivity contribution is 6.62. The van der Waals surface area contributed by atoms with E-state index in [0.717, 1.165) is 16.7 Å². The molecule has 4 nitrogen and oxygen atoms in total. The van der Waals surface area contributed by atoms with Crippen LogP contribution in [-0.2, 0) is 9.31 Å². The lowest BCUT2D eigenvalue weighted by Crippen LogP contribution is -2.41. The molecule has 1 amide bonds. The number of rotatable bonds is 3. The van der Waals surface area contributed by atoms with Crippen LogP contribution in [0, 0.1) is 6.92 Å². The monoisotopic (exact) mass is 337 g/mol. The lowest BCUT2D eigenvalue weighted by Gasteiger charge is -2.32. The first kappa shape index (κ1) is 17.7. The first-order valence-corrected chi connectivity index (χ1v) is 8.52. The summed E-state index contributed by atoms with van der Waals surface area (Å²) in [6.07, 6.45) is 0. The molecular weight excluding hydrogens is 313 g/mol. The third-order valence-corrected chi connectivity index (χ3v) is 4.95. The zero-order valence-electron chi connectivity index (χ0n) is 15.4. The van der Waals surface area contributed by atoms with E-state index in [9.17, 15) is 4.79 Å². The van der Waals surface area contributed by atoms with Gasteiger partial charge in [-0.15, -0.1) is 0 Å². The number of carbonyl (C=O) groups is 1. The zero-order chi connectivity index (χ0) is 18.2. The van der Waals surface area contributed by atoms with Gasteiger partial charge in [-0.25, -0.2) is 0 Å². The van der Waals surface area contributed by atoms with Crippen molar-refractivity contribution < 1.29 is 14.1 Å². The Hall–Kier alpha value is -2.11. The zero-order valence-corrected chi connectivity index (χ0v) is 15.4. The van der Waals surface area contributed by atoms with Crippen molar-refractivity contribution >= 4 is 24.2 Å². The molecule has 0 aliphatic carbocycles. The molecule has 1 N–H and O–H groups in total. The molecule has 1 saturated heterocycles. The third kappa shape index (κ3) is 3.62. The minimum Gasteiger partial charge on any atom is -0.399 e. The van der Waals surface area contributed by atoms with Crippen LogP contribution in [0.4, 0.5) is 5.69 Å². The Balaban J connectivity index is 1.79. The third-order valence-electron chi connectivity index (χ3n) is 4.95. The van der Waals surface area contributed by atoms with Gasteiger partial charge in [0.15, 0.2) is 0 Å². The van der Waals surface area contributed by atoms with E-state index in [-0.39, 0.29) is 5.91 Å². The molecule has 2 aromatic carbocycles. The lowest BCUT2D eigenvalue weighted by atomic mass is 9.78. The summed E-state index contributed by atoms with van der Waals surface area (Å²) >= 11 is 0. The number of nitrogens with one attached hydrogen (secondary N) is 1. The van der Waals surface area contributed by atoms with Crippen molar-refractivity contribution in [2.45, 2.75) is 45.8 Å². The van der Waals surface area contributed by atoms with Crippen LogP contribution in [0.2, 0.25) is 0 Å². The number of benzene rings is 2. The van der Waals surface area contributed by atoms with Gasteiger partial charge in [0.2, 0.25) is 0 Å². The average molecular weight is 337 g/mol. The first-order chi connectivity index (χ1) is 11.7. The number of hydrogen-bond donors (Lipinski definition) is 1. The van der Waals surface area contributed by atoms with Crippen LogP contribution in [-0.4, -0.2) is 24.2 Å². The van der Waals surface area contributed by atoms with Crippen molar-refractivity contribution in [3.63, 3.8) is 0 Å². The molecular formula is C20H24BNO3. The van der Waals surface area contributed by atoms with Crippen LogP contribution in [0.3, 0.4) is 0 Å². The van der Waals surface area contributed by atoms with E-state index in [1.54, 1.807) is 6.07 Å². The first-order valence-electron chi connectivity index (χ1n) is 8.52. The quantitative estimate of drug-likeness (QED) is 0.872. The fourth-order valence-corrected chi connectivity index (χ4v) is 2.73. The number of carbonyl (C=O) groups excluding carboxylic acids is 1. The summed E-state index contributed by atoms with van der Waals surface area (Å²) in [6, 6.07) is 15.1. The topological polar surface area (TPSA) is 47.6 Å². The van der Waals surface area contributed by atoms with E-state index in [1.165, 1.54) is 0 Å². The molecule has 0 unspecified atom stereocenters. The van der Waals surface area contributed by atoms with Gasteiger partial charge in [0.05, 0.1) is 11.2 Å². The molecule has 0 saturated carbocycles. The smallest absolute Gasteiger partial charge is 0.399 e. The Kier molecular flexibility index (Phi) is 4.48. The number of aryl methyl sites for hydroxylation is 1. The molecule has 25 heavy (non-hydrogen) atoms. The number of anilines is 1. The van der Waals surface area contributed by atoms with E-state index in [0.29, 0.717) is 5.56 Å². The molecule has 0 spiro atoms. The SMILES string of the molecule is Cc1cccc(NC(=O)c2cccc(B3OC(C)(C)C(C)(C)O3)c2)c1. The molecule has 3 rings (SSSR count). The standard InChI is InChI=1S/C20H24BNO3/c1-14-8-6-11-17(12-14)22-18(23)15-9-7-10-16(13-15)21-24-19(2,3)20(4,5)25-21/h6-13H,1-5H3,(H,22,23). The van der Waals surface area contributed by atoms with Crippen LogP contribution in [0.5, 0.6) is 0 Å². The van der Waals surface area contributed by atoms with E-state index in [4.69, 9.17) is 9.31 Å². The van der Waals surface area contributed by atoms with Gasteiger partial charge in [-0.05, 0) is 69.9 Å². The fourth-order valence-electron chi connectivity index (χ4n) is 2.73. The normalized spacial score (nSPS) is 18.2. The minimum absolute atomic E-state index is 0.149.